The molecule has 0 spiro atoms. The lowest BCUT2D eigenvalue weighted by Gasteiger charge is -2.17. The zero-order chi connectivity index (χ0) is 17.2. The molecule has 1 heterocycles. The molecule has 25 heavy (non-hydrogen) atoms. The van der Waals surface area contributed by atoms with Gasteiger partial charge in [-0.25, -0.2) is 0 Å². The number of benzene rings is 2. The quantitative estimate of drug-likeness (QED) is 0.770. The maximum absolute atomic E-state index is 12.5. The fourth-order valence-corrected chi connectivity index (χ4v) is 3.31. The highest BCUT2D eigenvalue weighted by molar-refractivity contribution is 5.94. The lowest BCUT2D eigenvalue weighted by atomic mass is 10.1. The minimum absolute atomic E-state index is 0.222. The van der Waals surface area contributed by atoms with Crippen molar-refractivity contribution < 1.29 is 9.90 Å². The van der Waals surface area contributed by atoms with Gasteiger partial charge in [0, 0.05) is 12.6 Å². The highest BCUT2D eigenvalue weighted by atomic mass is 16.3. The van der Waals surface area contributed by atoms with Crippen molar-refractivity contribution in [1.82, 2.24) is 15.1 Å². The van der Waals surface area contributed by atoms with Crippen LogP contribution in [0.4, 0.5) is 0 Å². The topological polar surface area (TPSA) is 67.2 Å². The fourth-order valence-electron chi connectivity index (χ4n) is 3.31. The van der Waals surface area contributed by atoms with Gasteiger partial charge in [-0.15, -0.1) is 0 Å². The first-order valence-electron chi connectivity index (χ1n) is 8.34. The van der Waals surface area contributed by atoms with E-state index in [1.165, 1.54) is 0 Å². The van der Waals surface area contributed by atoms with Gasteiger partial charge in [-0.2, -0.15) is 5.10 Å². The molecule has 5 heteroatoms. The van der Waals surface area contributed by atoms with E-state index in [1.807, 2.05) is 54.6 Å². The molecular weight excluding hydrogens is 314 g/mol. The molecule has 2 atom stereocenters. The second-order valence-electron chi connectivity index (χ2n) is 6.33. The Bertz CT molecular complexity index is 889. The van der Waals surface area contributed by atoms with Crippen molar-refractivity contribution in [1.29, 1.82) is 0 Å². The molecule has 0 radical (unpaired) electrons. The summed E-state index contributed by atoms with van der Waals surface area (Å²) in [7, 11) is 0. The number of carbonyl (C=O) groups excluding carboxylic acids is 1. The summed E-state index contributed by atoms with van der Waals surface area (Å²) in [5.74, 6) is -0.222. The first-order valence-corrected chi connectivity index (χ1v) is 8.34. The van der Waals surface area contributed by atoms with Gasteiger partial charge in [0.1, 0.15) is 0 Å². The highest BCUT2D eigenvalue weighted by Gasteiger charge is 2.32. The van der Waals surface area contributed by atoms with E-state index in [1.54, 1.807) is 17.1 Å². The number of hydrogen-bond donors (Lipinski definition) is 2. The second-order valence-corrected chi connectivity index (χ2v) is 6.33. The van der Waals surface area contributed by atoms with Crippen molar-refractivity contribution in [2.75, 3.05) is 0 Å². The van der Waals surface area contributed by atoms with Crippen LogP contribution in [-0.2, 0) is 13.0 Å². The minimum Gasteiger partial charge on any atom is -0.390 e. The van der Waals surface area contributed by atoms with Crippen molar-refractivity contribution in [3.63, 3.8) is 0 Å². The van der Waals surface area contributed by atoms with Crippen LogP contribution in [0.25, 0.3) is 0 Å². The average Bonchev–Trinajstić information content (AvgIpc) is 3.21. The largest absolute Gasteiger partial charge is 0.390 e. The summed E-state index contributed by atoms with van der Waals surface area (Å²) < 4.78 is 1.74. The van der Waals surface area contributed by atoms with E-state index in [0.717, 1.165) is 16.7 Å². The predicted octanol–water partition coefficient (Wildman–Crippen LogP) is 2.32. The summed E-state index contributed by atoms with van der Waals surface area (Å²) in [6.45, 7) is 0.614. The first kappa shape index (κ1) is 15.6. The van der Waals surface area contributed by atoms with Crippen molar-refractivity contribution in [2.24, 2.45) is 0 Å². The maximum Gasteiger partial charge on any atom is 0.255 e. The number of aliphatic hydroxyl groups is 1. The van der Waals surface area contributed by atoms with Gasteiger partial charge >= 0.3 is 0 Å². The monoisotopic (exact) mass is 333 g/mol. The number of aliphatic hydroxyl groups excluding tert-OH is 1. The molecule has 4 rings (SSSR count). The number of carbonyl (C=O) groups is 1. The van der Waals surface area contributed by atoms with E-state index in [4.69, 9.17) is 0 Å². The lowest BCUT2D eigenvalue weighted by molar-refractivity contribution is 0.0858. The number of nitrogens with one attached hydrogen (secondary N) is 1. The van der Waals surface area contributed by atoms with Crippen LogP contribution in [-0.4, -0.2) is 26.9 Å². The standard InChI is InChI=1S/C20H19N3O2/c24-18-10-15-8-4-5-9-17(15)19(18)22-20(25)16-11-21-23(13-16)12-14-6-2-1-3-7-14/h1-9,11,13,18-19,24H,10,12H2,(H,22,25)/t18-,19-/m1/s1. The zero-order valence-electron chi connectivity index (χ0n) is 13.7. The summed E-state index contributed by atoms with van der Waals surface area (Å²) >= 11 is 0. The second kappa shape index (κ2) is 6.53. The normalized spacial score (nSPS) is 18.8. The Morgan fingerprint density at radius 2 is 1.92 bits per heavy atom. The molecule has 0 fully saturated rings. The molecule has 0 bridgehead atoms. The van der Waals surface area contributed by atoms with Crippen LogP contribution in [0.5, 0.6) is 0 Å². The van der Waals surface area contributed by atoms with E-state index in [2.05, 4.69) is 10.4 Å². The van der Waals surface area contributed by atoms with Gasteiger partial charge < -0.3 is 10.4 Å². The molecule has 1 aliphatic carbocycles. The van der Waals surface area contributed by atoms with Crippen LogP contribution in [0.2, 0.25) is 0 Å². The highest BCUT2D eigenvalue weighted by Crippen LogP contribution is 2.31. The molecule has 3 aromatic rings. The molecule has 1 amide bonds. The zero-order valence-corrected chi connectivity index (χ0v) is 13.7. The van der Waals surface area contributed by atoms with Crippen molar-refractivity contribution in [3.8, 4) is 0 Å². The number of hydrogen-bond acceptors (Lipinski definition) is 3. The van der Waals surface area contributed by atoms with Crippen molar-refractivity contribution in [3.05, 3.63) is 89.2 Å². The third-order valence-corrected chi connectivity index (χ3v) is 4.57. The van der Waals surface area contributed by atoms with Gasteiger partial charge in [0.15, 0.2) is 0 Å². The van der Waals surface area contributed by atoms with Crippen LogP contribution < -0.4 is 5.32 Å². The Kier molecular flexibility index (Phi) is 4.07. The fraction of sp³-hybridized carbons (Fsp3) is 0.200. The summed E-state index contributed by atoms with van der Waals surface area (Å²) in [6.07, 6.45) is 3.26. The SMILES string of the molecule is O=C(N[C@@H]1c2ccccc2C[C@H]1O)c1cnn(Cc2ccccc2)c1. The minimum atomic E-state index is -0.597. The van der Waals surface area contributed by atoms with Crippen molar-refractivity contribution in [2.45, 2.75) is 25.1 Å². The summed E-state index contributed by atoms with van der Waals surface area (Å²) in [6, 6.07) is 17.4. The third-order valence-electron chi connectivity index (χ3n) is 4.57. The van der Waals surface area contributed by atoms with Gasteiger partial charge in [-0.3, -0.25) is 9.48 Å². The molecular formula is C20H19N3O2. The molecule has 0 saturated carbocycles. The van der Waals surface area contributed by atoms with Crippen LogP contribution in [0.1, 0.15) is 33.1 Å². The van der Waals surface area contributed by atoms with Gasteiger partial charge in [0.2, 0.25) is 0 Å². The smallest absolute Gasteiger partial charge is 0.255 e. The number of fused-ring (bicyclic) bond motifs is 1. The summed E-state index contributed by atoms with van der Waals surface area (Å²) in [4.78, 5) is 12.5. The molecule has 0 aliphatic heterocycles. The van der Waals surface area contributed by atoms with Crippen LogP contribution in [0, 0.1) is 0 Å². The van der Waals surface area contributed by atoms with E-state index in [9.17, 15) is 9.90 Å². The van der Waals surface area contributed by atoms with E-state index < -0.39 is 6.10 Å². The number of aromatic nitrogens is 2. The van der Waals surface area contributed by atoms with Crippen LogP contribution in [0.15, 0.2) is 67.0 Å². The Balaban J connectivity index is 1.47. The van der Waals surface area contributed by atoms with E-state index in [0.29, 0.717) is 18.5 Å². The van der Waals surface area contributed by atoms with Gasteiger partial charge in [-0.1, -0.05) is 54.6 Å². The Labute approximate surface area is 145 Å². The first-order chi connectivity index (χ1) is 12.2. The summed E-state index contributed by atoms with van der Waals surface area (Å²) in [5.41, 5.74) is 3.69. The van der Waals surface area contributed by atoms with Crippen molar-refractivity contribution >= 4 is 5.91 Å². The predicted molar refractivity (Wildman–Crippen MR) is 94.1 cm³/mol. The molecule has 1 aromatic heterocycles. The lowest BCUT2D eigenvalue weighted by Crippen LogP contribution is -2.33. The van der Waals surface area contributed by atoms with E-state index in [-0.39, 0.29) is 11.9 Å². The van der Waals surface area contributed by atoms with Crippen LogP contribution in [0.3, 0.4) is 0 Å². The number of rotatable bonds is 4. The number of amides is 1. The molecule has 2 aromatic carbocycles. The number of nitrogens with zero attached hydrogens (tertiary/aromatic N) is 2. The molecule has 5 nitrogen and oxygen atoms in total. The Morgan fingerprint density at radius 1 is 1.16 bits per heavy atom. The van der Waals surface area contributed by atoms with Crippen LogP contribution >= 0.6 is 0 Å². The average molecular weight is 333 g/mol. The Hall–Kier alpha value is -2.92. The van der Waals surface area contributed by atoms with Gasteiger partial charge in [0.05, 0.1) is 30.5 Å². The third kappa shape index (κ3) is 3.19. The van der Waals surface area contributed by atoms with E-state index >= 15 is 0 Å². The molecule has 0 saturated heterocycles. The Morgan fingerprint density at radius 3 is 2.76 bits per heavy atom. The summed E-state index contributed by atoms with van der Waals surface area (Å²) in [5, 5.41) is 17.5. The van der Waals surface area contributed by atoms with Gasteiger partial charge in [-0.05, 0) is 16.7 Å². The molecule has 1 aliphatic rings. The molecule has 0 unspecified atom stereocenters. The van der Waals surface area contributed by atoms with Gasteiger partial charge in [0.25, 0.3) is 5.91 Å². The maximum atomic E-state index is 12.5. The molecule has 126 valence electrons. The molecule has 2 N–H and O–H groups in total.